The molecule has 0 spiro atoms. The Balaban J connectivity index is 2.57. The number of aliphatic hydroxyl groups excluding tert-OH is 1. The van der Waals surface area contributed by atoms with Crippen molar-refractivity contribution < 1.29 is 14.6 Å². The van der Waals surface area contributed by atoms with Gasteiger partial charge in [0.2, 0.25) is 0 Å². The number of hydrogen-bond acceptors (Lipinski definition) is 6. The minimum absolute atomic E-state index is 0.00825. The molecular weight excluding hydrogens is 282 g/mol. The van der Waals surface area contributed by atoms with Crippen molar-refractivity contribution >= 4 is 17.7 Å². The molecule has 0 saturated heterocycles. The van der Waals surface area contributed by atoms with Gasteiger partial charge in [0.05, 0.1) is 18.8 Å². The highest BCUT2D eigenvalue weighted by Gasteiger charge is 2.16. The molecule has 1 rings (SSSR count). The van der Waals surface area contributed by atoms with Gasteiger partial charge >= 0.3 is 5.69 Å². The third kappa shape index (κ3) is 4.95. The van der Waals surface area contributed by atoms with Gasteiger partial charge in [-0.3, -0.25) is 4.79 Å². The molecule has 0 atom stereocenters. The SMILES string of the molecule is CSc1nc(=O)[nH]c(C)c1C(=O)NCCCOCCO. The van der Waals surface area contributed by atoms with Crippen LogP contribution in [0.25, 0.3) is 0 Å². The number of nitrogens with zero attached hydrogens (tertiary/aromatic N) is 1. The summed E-state index contributed by atoms with van der Waals surface area (Å²) in [5.74, 6) is -0.266. The van der Waals surface area contributed by atoms with Crippen molar-refractivity contribution in [2.45, 2.75) is 18.4 Å². The molecule has 1 aromatic rings. The van der Waals surface area contributed by atoms with Crippen molar-refractivity contribution in [2.24, 2.45) is 0 Å². The van der Waals surface area contributed by atoms with Crippen LogP contribution in [0.1, 0.15) is 22.5 Å². The highest BCUT2D eigenvalue weighted by Crippen LogP contribution is 2.17. The van der Waals surface area contributed by atoms with E-state index in [0.717, 1.165) is 0 Å². The van der Waals surface area contributed by atoms with Crippen LogP contribution < -0.4 is 11.0 Å². The lowest BCUT2D eigenvalue weighted by Gasteiger charge is -2.10. The predicted molar refractivity (Wildman–Crippen MR) is 76.2 cm³/mol. The Hall–Kier alpha value is -1.38. The fourth-order valence-corrected chi connectivity index (χ4v) is 2.23. The molecule has 0 aliphatic rings. The molecule has 20 heavy (non-hydrogen) atoms. The standard InChI is InChI=1S/C12H19N3O4S/c1-8-9(11(20-2)15-12(18)14-8)10(17)13-4-3-6-19-7-5-16/h16H,3-7H2,1-2H3,(H,13,17)(H,14,15,18). The monoisotopic (exact) mass is 301 g/mol. The third-order valence-corrected chi connectivity index (χ3v) is 3.18. The first-order valence-electron chi connectivity index (χ1n) is 6.21. The largest absolute Gasteiger partial charge is 0.394 e. The highest BCUT2D eigenvalue weighted by atomic mass is 32.2. The number of nitrogens with one attached hydrogen (secondary N) is 2. The lowest BCUT2D eigenvalue weighted by Crippen LogP contribution is -2.29. The molecular formula is C12H19N3O4S. The van der Waals surface area contributed by atoms with Gasteiger partial charge in [-0.15, -0.1) is 11.8 Å². The summed E-state index contributed by atoms with van der Waals surface area (Å²) in [5.41, 5.74) is 0.442. The van der Waals surface area contributed by atoms with Crippen molar-refractivity contribution in [3.05, 3.63) is 21.7 Å². The van der Waals surface area contributed by atoms with Crippen LogP contribution in [0.2, 0.25) is 0 Å². The highest BCUT2D eigenvalue weighted by molar-refractivity contribution is 7.98. The average Bonchev–Trinajstić information content (AvgIpc) is 2.41. The Bertz CT molecular complexity index is 504. The summed E-state index contributed by atoms with van der Waals surface area (Å²) in [6.45, 7) is 2.89. The molecule has 1 amide bonds. The van der Waals surface area contributed by atoms with E-state index in [2.05, 4.69) is 15.3 Å². The molecule has 0 aliphatic heterocycles. The lowest BCUT2D eigenvalue weighted by molar-refractivity contribution is 0.0865. The van der Waals surface area contributed by atoms with E-state index < -0.39 is 5.69 Å². The van der Waals surface area contributed by atoms with Gasteiger partial charge in [-0.05, 0) is 19.6 Å². The first-order chi connectivity index (χ1) is 9.60. The number of aromatic nitrogens is 2. The van der Waals surface area contributed by atoms with Gasteiger partial charge in [0, 0.05) is 18.8 Å². The fourth-order valence-electron chi connectivity index (χ4n) is 1.61. The Morgan fingerprint density at radius 2 is 2.25 bits per heavy atom. The molecule has 0 aliphatic carbocycles. The van der Waals surface area contributed by atoms with Gasteiger partial charge in [0.1, 0.15) is 5.03 Å². The summed E-state index contributed by atoms with van der Waals surface area (Å²) in [6, 6.07) is 0. The minimum atomic E-state index is -0.458. The van der Waals surface area contributed by atoms with Gasteiger partial charge in [0.15, 0.2) is 0 Å². The molecule has 8 heteroatoms. The molecule has 0 unspecified atom stereocenters. The number of ether oxygens (including phenoxy) is 1. The molecule has 7 nitrogen and oxygen atoms in total. The molecule has 0 saturated carbocycles. The first kappa shape index (κ1) is 16.7. The van der Waals surface area contributed by atoms with E-state index in [1.807, 2.05) is 0 Å². The van der Waals surface area contributed by atoms with Crippen molar-refractivity contribution in [1.29, 1.82) is 0 Å². The molecule has 3 N–H and O–H groups in total. The number of aliphatic hydroxyl groups is 1. The van der Waals surface area contributed by atoms with Crippen molar-refractivity contribution in [1.82, 2.24) is 15.3 Å². The van der Waals surface area contributed by atoms with Crippen LogP contribution in [0.5, 0.6) is 0 Å². The van der Waals surface area contributed by atoms with Crippen molar-refractivity contribution in [3.8, 4) is 0 Å². The Morgan fingerprint density at radius 1 is 1.50 bits per heavy atom. The zero-order valence-electron chi connectivity index (χ0n) is 11.6. The van der Waals surface area contributed by atoms with E-state index >= 15 is 0 Å². The van der Waals surface area contributed by atoms with Crippen molar-refractivity contribution in [3.63, 3.8) is 0 Å². The molecule has 1 aromatic heterocycles. The van der Waals surface area contributed by atoms with Crippen LogP contribution in [0.3, 0.4) is 0 Å². The van der Waals surface area contributed by atoms with Gasteiger partial charge < -0.3 is 20.1 Å². The average molecular weight is 301 g/mol. The number of thioether (sulfide) groups is 1. The maximum Gasteiger partial charge on any atom is 0.346 e. The number of hydrogen-bond donors (Lipinski definition) is 3. The Morgan fingerprint density at radius 3 is 2.90 bits per heavy atom. The van der Waals surface area contributed by atoms with Crippen LogP contribution in [-0.2, 0) is 4.74 Å². The Kier molecular flexibility index (Phi) is 7.27. The van der Waals surface area contributed by atoms with Crippen LogP contribution in [0.4, 0.5) is 0 Å². The van der Waals surface area contributed by atoms with Crippen LogP contribution >= 0.6 is 11.8 Å². The number of carbonyl (C=O) groups excluding carboxylic acids is 1. The quantitative estimate of drug-likeness (QED) is 0.353. The zero-order valence-corrected chi connectivity index (χ0v) is 12.4. The molecule has 112 valence electrons. The van der Waals surface area contributed by atoms with Gasteiger partial charge in [-0.2, -0.15) is 4.98 Å². The molecule has 0 aromatic carbocycles. The number of aromatic amines is 1. The molecule has 0 fully saturated rings. The molecule has 0 bridgehead atoms. The number of rotatable bonds is 8. The van der Waals surface area contributed by atoms with E-state index in [4.69, 9.17) is 9.84 Å². The summed E-state index contributed by atoms with van der Waals surface area (Å²) >= 11 is 1.26. The van der Waals surface area contributed by atoms with E-state index in [0.29, 0.717) is 42.5 Å². The van der Waals surface area contributed by atoms with Crippen LogP contribution in [0.15, 0.2) is 9.82 Å². The Labute approximate surface area is 121 Å². The maximum atomic E-state index is 12.1. The van der Waals surface area contributed by atoms with E-state index in [-0.39, 0.29) is 12.5 Å². The van der Waals surface area contributed by atoms with E-state index in [1.165, 1.54) is 11.8 Å². The van der Waals surface area contributed by atoms with Crippen LogP contribution in [-0.4, -0.2) is 53.6 Å². The summed E-state index contributed by atoms with van der Waals surface area (Å²) < 4.78 is 5.09. The predicted octanol–water partition coefficient (Wildman–Crippen LogP) is -0.0710. The number of amides is 1. The van der Waals surface area contributed by atoms with Gasteiger partial charge in [-0.1, -0.05) is 0 Å². The second-order valence-electron chi connectivity index (χ2n) is 4.00. The maximum absolute atomic E-state index is 12.1. The summed E-state index contributed by atoms with van der Waals surface area (Å²) in [5, 5.41) is 11.7. The van der Waals surface area contributed by atoms with Crippen LogP contribution in [0, 0.1) is 6.92 Å². The van der Waals surface area contributed by atoms with Crippen molar-refractivity contribution in [2.75, 3.05) is 32.6 Å². The smallest absolute Gasteiger partial charge is 0.346 e. The summed E-state index contributed by atoms with van der Waals surface area (Å²) in [6.07, 6.45) is 2.41. The number of carbonyl (C=O) groups is 1. The number of aryl methyl sites for hydroxylation is 1. The normalized spacial score (nSPS) is 10.6. The molecule has 1 heterocycles. The third-order valence-electron chi connectivity index (χ3n) is 2.49. The van der Waals surface area contributed by atoms with Gasteiger partial charge in [-0.25, -0.2) is 4.79 Å². The zero-order chi connectivity index (χ0) is 15.0. The summed E-state index contributed by atoms with van der Waals surface area (Å²) in [7, 11) is 0. The lowest BCUT2D eigenvalue weighted by atomic mass is 10.2. The number of H-pyrrole nitrogens is 1. The van der Waals surface area contributed by atoms with E-state index in [9.17, 15) is 9.59 Å². The first-order valence-corrected chi connectivity index (χ1v) is 7.44. The van der Waals surface area contributed by atoms with Gasteiger partial charge in [0.25, 0.3) is 5.91 Å². The topological polar surface area (TPSA) is 104 Å². The minimum Gasteiger partial charge on any atom is -0.394 e. The second kappa shape index (κ2) is 8.72. The summed E-state index contributed by atoms with van der Waals surface area (Å²) in [4.78, 5) is 29.6. The van der Waals surface area contributed by atoms with E-state index in [1.54, 1.807) is 13.2 Å². The molecule has 0 radical (unpaired) electrons. The second-order valence-corrected chi connectivity index (χ2v) is 4.79. The fraction of sp³-hybridized carbons (Fsp3) is 0.583.